The van der Waals surface area contributed by atoms with Crippen molar-refractivity contribution in [2.75, 3.05) is 23.8 Å². The van der Waals surface area contributed by atoms with Crippen LogP contribution in [0, 0.1) is 5.92 Å². The van der Waals surface area contributed by atoms with Crippen LogP contribution in [0.1, 0.15) is 25.3 Å². The van der Waals surface area contributed by atoms with Gasteiger partial charge in [0.2, 0.25) is 5.91 Å². The summed E-state index contributed by atoms with van der Waals surface area (Å²) < 4.78 is 0. The molecular formula is C14H20N2O2. The summed E-state index contributed by atoms with van der Waals surface area (Å²) in [4.78, 5) is 13.9. The first-order valence-corrected chi connectivity index (χ1v) is 6.41. The number of fused-ring (bicyclic) bond motifs is 1. The first kappa shape index (κ1) is 12.9. The van der Waals surface area contributed by atoms with Gasteiger partial charge >= 0.3 is 0 Å². The molecule has 98 valence electrons. The normalized spacial score (nSPS) is 17.2. The fraction of sp³-hybridized carbons (Fsp3) is 0.500. The maximum Gasteiger partial charge on any atom is 0.227 e. The monoisotopic (exact) mass is 248 g/mol. The largest absolute Gasteiger partial charge is 0.399 e. The van der Waals surface area contributed by atoms with Crippen molar-refractivity contribution in [2.24, 2.45) is 5.92 Å². The fourth-order valence-corrected chi connectivity index (χ4v) is 2.34. The number of anilines is 2. The Morgan fingerprint density at radius 1 is 1.44 bits per heavy atom. The number of nitrogens with two attached hydrogens (primary N) is 1. The van der Waals surface area contributed by atoms with E-state index in [4.69, 9.17) is 10.8 Å². The first-order valence-electron chi connectivity index (χ1n) is 6.41. The van der Waals surface area contributed by atoms with Gasteiger partial charge in [0, 0.05) is 30.9 Å². The number of aryl methyl sites for hydroxylation is 1. The molecule has 1 aliphatic rings. The second-order valence-electron chi connectivity index (χ2n) is 5.03. The molecule has 0 spiro atoms. The Balaban J connectivity index is 2.34. The van der Waals surface area contributed by atoms with E-state index in [1.165, 1.54) is 0 Å². The van der Waals surface area contributed by atoms with Gasteiger partial charge in [-0.25, -0.2) is 0 Å². The number of hydrogen-bond acceptors (Lipinski definition) is 3. The molecule has 0 radical (unpaired) electrons. The average molecular weight is 248 g/mol. The number of nitrogens with zero attached hydrogens (tertiary/aromatic N) is 1. The summed E-state index contributed by atoms with van der Waals surface area (Å²) in [6.07, 6.45) is 2.31. The Morgan fingerprint density at radius 2 is 2.22 bits per heavy atom. The highest BCUT2D eigenvalue weighted by Crippen LogP contribution is 2.29. The summed E-state index contributed by atoms with van der Waals surface area (Å²) in [5, 5.41) is 9.16. The highest BCUT2D eigenvalue weighted by molar-refractivity contribution is 5.95. The number of rotatable bonds is 3. The number of carbonyl (C=O) groups excluding carboxylic acids is 1. The molecule has 0 saturated heterocycles. The molecule has 4 nitrogen and oxygen atoms in total. The molecule has 0 saturated carbocycles. The predicted octanol–water partition coefficient (Wildman–Crippen LogP) is 1.57. The van der Waals surface area contributed by atoms with E-state index in [0.29, 0.717) is 13.0 Å². The Kier molecular flexibility index (Phi) is 3.87. The molecule has 1 atom stereocenters. The Bertz CT molecular complexity index is 445. The van der Waals surface area contributed by atoms with Crippen molar-refractivity contribution in [1.82, 2.24) is 0 Å². The minimum Gasteiger partial charge on any atom is -0.399 e. The van der Waals surface area contributed by atoms with E-state index in [9.17, 15) is 4.79 Å². The molecule has 0 bridgehead atoms. The highest BCUT2D eigenvalue weighted by Gasteiger charge is 2.23. The van der Waals surface area contributed by atoms with Crippen LogP contribution in [-0.4, -0.2) is 24.2 Å². The van der Waals surface area contributed by atoms with Crippen LogP contribution in [0.5, 0.6) is 0 Å². The summed E-state index contributed by atoms with van der Waals surface area (Å²) in [7, 11) is 0. The molecule has 0 fully saturated rings. The zero-order valence-corrected chi connectivity index (χ0v) is 10.7. The minimum atomic E-state index is 0.0810. The lowest BCUT2D eigenvalue weighted by Gasteiger charge is -2.25. The Labute approximate surface area is 107 Å². The molecular weight excluding hydrogens is 228 g/mol. The molecule has 1 amide bonds. The van der Waals surface area contributed by atoms with Crippen LogP contribution in [0.2, 0.25) is 0 Å². The zero-order chi connectivity index (χ0) is 13.1. The molecule has 1 heterocycles. The van der Waals surface area contributed by atoms with Crippen molar-refractivity contribution in [3.63, 3.8) is 0 Å². The highest BCUT2D eigenvalue weighted by atomic mass is 16.3. The number of hydrogen-bond donors (Lipinski definition) is 2. The van der Waals surface area contributed by atoms with Crippen molar-refractivity contribution in [3.05, 3.63) is 23.8 Å². The standard InChI is InChI=1S/C14H20N2O2/c1-10(9-17)8-16-13-6-5-12(15)7-11(13)3-2-4-14(16)18/h5-7,10,17H,2-4,8-9,15H2,1H3. The lowest BCUT2D eigenvalue weighted by molar-refractivity contribution is -0.118. The van der Waals surface area contributed by atoms with Crippen LogP contribution in [0.4, 0.5) is 11.4 Å². The van der Waals surface area contributed by atoms with Crippen molar-refractivity contribution >= 4 is 17.3 Å². The van der Waals surface area contributed by atoms with Crippen LogP contribution < -0.4 is 10.6 Å². The smallest absolute Gasteiger partial charge is 0.227 e. The second kappa shape index (κ2) is 5.40. The molecule has 4 heteroatoms. The van der Waals surface area contributed by atoms with Gasteiger partial charge in [0.15, 0.2) is 0 Å². The molecule has 18 heavy (non-hydrogen) atoms. The number of benzene rings is 1. The van der Waals surface area contributed by atoms with Gasteiger partial charge in [-0.1, -0.05) is 6.92 Å². The van der Waals surface area contributed by atoms with E-state index >= 15 is 0 Å². The zero-order valence-electron chi connectivity index (χ0n) is 10.7. The minimum absolute atomic E-state index is 0.0810. The summed E-state index contributed by atoms with van der Waals surface area (Å²) in [5.41, 5.74) is 8.61. The van der Waals surface area contributed by atoms with E-state index < -0.39 is 0 Å². The van der Waals surface area contributed by atoms with Gasteiger partial charge in [-0.15, -0.1) is 0 Å². The van der Waals surface area contributed by atoms with E-state index in [-0.39, 0.29) is 18.4 Å². The number of aliphatic hydroxyl groups is 1. The molecule has 0 aromatic heterocycles. The fourth-order valence-electron chi connectivity index (χ4n) is 2.34. The average Bonchev–Trinajstić information content (AvgIpc) is 2.49. The van der Waals surface area contributed by atoms with Gasteiger partial charge in [0.1, 0.15) is 0 Å². The Morgan fingerprint density at radius 3 is 2.94 bits per heavy atom. The van der Waals surface area contributed by atoms with Gasteiger partial charge in [0.05, 0.1) is 0 Å². The van der Waals surface area contributed by atoms with Crippen LogP contribution in [0.3, 0.4) is 0 Å². The lowest BCUT2D eigenvalue weighted by atomic mass is 10.1. The number of carbonyl (C=O) groups is 1. The van der Waals surface area contributed by atoms with E-state index in [0.717, 1.165) is 29.8 Å². The third-order valence-corrected chi connectivity index (χ3v) is 3.34. The van der Waals surface area contributed by atoms with Gasteiger partial charge < -0.3 is 15.7 Å². The quantitative estimate of drug-likeness (QED) is 0.798. The van der Waals surface area contributed by atoms with Crippen molar-refractivity contribution in [2.45, 2.75) is 26.2 Å². The molecule has 1 aromatic rings. The first-order chi connectivity index (χ1) is 8.61. The van der Waals surface area contributed by atoms with Crippen molar-refractivity contribution < 1.29 is 9.90 Å². The van der Waals surface area contributed by atoms with E-state index in [1.54, 1.807) is 4.90 Å². The SMILES string of the molecule is CC(CO)CN1C(=O)CCCc2cc(N)ccc21. The van der Waals surface area contributed by atoms with Gasteiger partial charge in [-0.05, 0) is 42.5 Å². The molecule has 1 aliphatic heterocycles. The van der Waals surface area contributed by atoms with Gasteiger partial charge in [0.25, 0.3) is 0 Å². The van der Waals surface area contributed by atoms with Crippen LogP contribution >= 0.6 is 0 Å². The summed E-state index contributed by atoms with van der Waals surface area (Å²) in [6, 6.07) is 5.69. The lowest BCUT2D eigenvalue weighted by Crippen LogP contribution is -2.35. The van der Waals surface area contributed by atoms with Crippen molar-refractivity contribution in [1.29, 1.82) is 0 Å². The van der Waals surface area contributed by atoms with Crippen molar-refractivity contribution in [3.8, 4) is 0 Å². The number of aliphatic hydroxyl groups excluding tert-OH is 1. The number of amides is 1. The van der Waals surface area contributed by atoms with E-state index in [1.807, 2.05) is 25.1 Å². The molecule has 1 unspecified atom stereocenters. The van der Waals surface area contributed by atoms with Gasteiger partial charge in [-0.2, -0.15) is 0 Å². The van der Waals surface area contributed by atoms with Crippen LogP contribution in [0.25, 0.3) is 0 Å². The second-order valence-corrected chi connectivity index (χ2v) is 5.03. The maximum atomic E-state index is 12.1. The third-order valence-electron chi connectivity index (χ3n) is 3.34. The van der Waals surface area contributed by atoms with Gasteiger partial charge in [-0.3, -0.25) is 4.79 Å². The summed E-state index contributed by atoms with van der Waals surface area (Å²) in [6.45, 7) is 2.59. The topological polar surface area (TPSA) is 66.6 Å². The number of nitrogen functional groups attached to an aromatic ring is 1. The van der Waals surface area contributed by atoms with E-state index in [2.05, 4.69) is 0 Å². The Hall–Kier alpha value is -1.55. The molecule has 2 rings (SSSR count). The maximum absolute atomic E-state index is 12.1. The van der Waals surface area contributed by atoms with Crippen LogP contribution in [-0.2, 0) is 11.2 Å². The predicted molar refractivity (Wildman–Crippen MR) is 72.4 cm³/mol. The molecule has 3 N–H and O–H groups in total. The van der Waals surface area contributed by atoms with Crippen LogP contribution in [0.15, 0.2) is 18.2 Å². The molecule has 1 aromatic carbocycles. The molecule has 0 aliphatic carbocycles. The summed E-state index contributed by atoms with van der Waals surface area (Å²) in [5.74, 6) is 0.219. The summed E-state index contributed by atoms with van der Waals surface area (Å²) >= 11 is 0. The third kappa shape index (κ3) is 2.64.